The first-order chi connectivity index (χ1) is 6.32. The molecule has 0 aromatic heterocycles. The van der Waals surface area contributed by atoms with Gasteiger partial charge in [0.2, 0.25) is 5.91 Å². The van der Waals surface area contributed by atoms with Crippen molar-refractivity contribution >= 4 is 5.91 Å². The highest BCUT2D eigenvalue weighted by molar-refractivity contribution is 5.73. The Kier molecular flexibility index (Phi) is 3.04. The molecule has 1 saturated heterocycles. The van der Waals surface area contributed by atoms with Gasteiger partial charge in [-0.25, -0.2) is 0 Å². The third kappa shape index (κ3) is 2.37. The lowest BCUT2D eigenvalue weighted by atomic mass is 9.98. The quantitative estimate of drug-likeness (QED) is 0.645. The van der Waals surface area contributed by atoms with Gasteiger partial charge in [0.25, 0.3) is 0 Å². The number of rotatable bonds is 0. The largest absolute Gasteiger partial charge is 0.408 e. The van der Waals surface area contributed by atoms with Crippen molar-refractivity contribution in [3.63, 3.8) is 0 Å². The number of amides is 1. The van der Waals surface area contributed by atoms with E-state index in [0.717, 1.165) is 11.8 Å². The Balaban J connectivity index is 2.78. The van der Waals surface area contributed by atoms with Crippen LogP contribution in [0.25, 0.3) is 0 Å². The smallest absolute Gasteiger partial charge is 0.329 e. The number of nitrogens with two attached hydrogens (primary N) is 1. The number of likely N-dealkylation sites (tertiary alicyclic amines) is 1. The van der Waals surface area contributed by atoms with Crippen LogP contribution in [-0.4, -0.2) is 35.6 Å². The molecule has 1 fully saturated rings. The van der Waals surface area contributed by atoms with Gasteiger partial charge in [-0.2, -0.15) is 13.2 Å². The molecule has 1 aliphatic heterocycles. The van der Waals surface area contributed by atoms with Gasteiger partial charge in [0.15, 0.2) is 0 Å². The van der Waals surface area contributed by atoms with Crippen molar-refractivity contribution in [2.45, 2.75) is 38.0 Å². The van der Waals surface area contributed by atoms with Crippen LogP contribution < -0.4 is 5.73 Å². The second kappa shape index (κ2) is 3.76. The highest BCUT2D eigenvalue weighted by Gasteiger charge is 2.46. The number of hydrogen-bond acceptors (Lipinski definition) is 2. The fourth-order valence-electron chi connectivity index (χ4n) is 1.69. The SMILES string of the molecule is CC(=O)N1C[C@H](N)CC[C@H]1C(F)(F)F. The first kappa shape index (κ1) is 11.3. The molecule has 0 saturated carbocycles. The van der Waals surface area contributed by atoms with Crippen LogP contribution in [0.4, 0.5) is 13.2 Å². The van der Waals surface area contributed by atoms with Crippen LogP contribution in [0.3, 0.4) is 0 Å². The maximum atomic E-state index is 12.4. The van der Waals surface area contributed by atoms with Gasteiger partial charge in [0.1, 0.15) is 6.04 Å². The van der Waals surface area contributed by atoms with Crippen molar-refractivity contribution in [1.29, 1.82) is 0 Å². The maximum Gasteiger partial charge on any atom is 0.408 e. The van der Waals surface area contributed by atoms with Crippen LogP contribution in [0.1, 0.15) is 19.8 Å². The molecule has 0 radical (unpaired) electrons. The van der Waals surface area contributed by atoms with Gasteiger partial charge in [-0.15, -0.1) is 0 Å². The van der Waals surface area contributed by atoms with E-state index in [1.54, 1.807) is 0 Å². The lowest BCUT2D eigenvalue weighted by Gasteiger charge is -2.38. The van der Waals surface area contributed by atoms with E-state index in [1.807, 2.05) is 0 Å². The normalized spacial score (nSPS) is 29.1. The number of hydrogen-bond donors (Lipinski definition) is 1. The Bertz CT molecular complexity index is 229. The van der Waals surface area contributed by atoms with E-state index < -0.39 is 18.1 Å². The minimum Gasteiger partial charge on any atom is -0.329 e. The van der Waals surface area contributed by atoms with E-state index in [4.69, 9.17) is 5.73 Å². The van der Waals surface area contributed by atoms with Gasteiger partial charge in [-0.1, -0.05) is 0 Å². The summed E-state index contributed by atoms with van der Waals surface area (Å²) in [5.74, 6) is -0.567. The number of nitrogens with zero attached hydrogens (tertiary/aromatic N) is 1. The maximum absolute atomic E-state index is 12.4. The topological polar surface area (TPSA) is 46.3 Å². The predicted octanol–water partition coefficient (Wildman–Crippen LogP) is 0.887. The molecule has 2 N–H and O–H groups in total. The molecule has 1 rings (SSSR count). The van der Waals surface area contributed by atoms with Gasteiger partial charge in [0, 0.05) is 19.5 Å². The van der Waals surface area contributed by atoms with Crippen molar-refractivity contribution in [3.8, 4) is 0 Å². The summed E-state index contributed by atoms with van der Waals surface area (Å²) < 4.78 is 37.3. The van der Waals surface area contributed by atoms with Gasteiger partial charge >= 0.3 is 6.18 Å². The Labute approximate surface area is 80.0 Å². The summed E-state index contributed by atoms with van der Waals surface area (Å²) in [6.07, 6.45) is -4.12. The predicted molar refractivity (Wildman–Crippen MR) is 44.4 cm³/mol. The van der Waals surface area contributed by atoms with Gasteiger partial charge < -0.3 is 10.6 Å². The third-order valence-electron chi connectivity index (χ3n) is 2.40. The van der Waals surface area contributed by atoms with Crippen molar-refractivity contribution in [1.82, 2.24) is 4.90 Å². The number of halogens is 3. The first-order valence-electron chi connectivity index (χ1n) is 4.42. The van der Waals surface area contributed by atoms with Crippen LogP contribution in [0.2, 0.25) is 0 Å². The van der Waals surface area contributed by atoms with Crippen LogP contribution in [-0.2, 0) is 4.79 Å². The summed E-state index contributed by atoms with van der Waals surface area (Å²) in [6.45, 7) is 1.14. The van der Waals surface area contributed by atoms with E-state index >= 15 is 0 Å². The summed E-state index contributed by atoms with van der Waals surface area (Å²) in [4.78, 5) is 11.8. The van der Waals surface area contributed by atoms with E-state index in [-0.39, 0.29) is 19.0 Å². The summed E-state index contributed by atoms with van der Waals surface area (Å²) >= 11 is 0. The molecule has 0 unspecified atom stereocenters. The van der Waals surface area contributed by atoms with Crippen LogP contribution in [0.5, 0.6) is 0 Å². The molecule has 1 aliphatic rings. The molecule has 0 bridgehead atoms. The molecule has 1 amide bonds. The zero-order valence-corrected chi connectivity index (χ0v) is 7.84. The molecule has 14 heavy (non-hydrogen) atoms. The summed E-state index contributed by atoms with van der Waals surface area (Å²) in [6, 6.07) is -1.99. The summed E-state index contributed by atoms with van der Waals surface area (Å²) in [5.41, 5.74) is 5.51. The zero-order chi connectivity index (χ0) is 10.9. The van der Waals surface area contributed by atoms with E-state index in [9.17, 15) is 18.0 Å². The molecule has 0 spiro atoms. The van der Waals surface area contributed by atoms with Crippen molar-refractivity contribution in [3.05, 3.63) is 0 Å². The zero-order valence-electron chi connectivity index (χ0n) is 7.84. The second-order valence-electron chi connectivity index (χ2n) is 3.57. The average Bonchev–Trinajstić information content (AvgIpc) is 2.01. The molecule has 0 aromatic carbocycles. The lowest BCUT2D eigenvalue weighted by molar-refractivity contribution is -0.196. The Morgan fingerprint density at radius 2 is 2.00 bits per heavy atom. The third-order valence-corrected chi connectivity index (χ3v) is 2.40. The standard InChI is InChI=1S/C8H13F3N2O/c1-5(14)13-4-6(12)2-3-7(13)8(9,10)11/h6-7H,2-4,12H2,1H3/t6-,7+/m1/s1. The van der Waals surface area contributed by atoms with Crippen LogP contribution >= 0.6 is 0 Å². The molecule has 0 aromatic rings. The van der Waals surface area contributed by atoms with Gasteiger partial charge in [0.05, 0.1) is 0 Å². The number of piperidine rings is 1. The highest BCUT2D eigenvalue weighted by Crippen LogP contribution is 2.31. The highest BCUT2D eigenvalue weighted by atomic mass is 19.4. The fourth-order valence-corrected chi connectivity index (χ4v) is 1.69. The minimum absolute atomic E-state index is 0.000486. The molecule has 2 atom stereocenters. The number of carbonyl (C=O) groups excluding carboxylic acids is 1. The fraction of sp³-hybridized carbons (Fsp3) is 0.875. The number of alkyl halides is 3. The molecule has 3 nitrogen and oxygen atoms in total. The molecule has 82 valence electrons. The van der Waals surface area contributed by atoms with Crippen LogP contribution in [0.15, 0.2) is 0 Å². The Hall–Kier alpha value is -0.780. The first-order valence-corrected chi connectivity index (χ1v) is 4.42. The average molecular weight is 210 g/mol. The van der Waals surface area contributed by atoms with E-state index in [2.05, 4.69) is 0 Å². The van der Waals surface area contributed by atoms with E-state index in [1.165, 1.54) is 0 Å². The second-order valence-corrected chi connectivity index (χ2v) is 3.57. The van der Waals surface area contributed by atoms with Crippen molar-refractivity contribution < 1.29 is 18.0 Å². The molecular weight excluding hydrogens is 197 g/mol. The number of carbonyl (C=O) groups is 1. The minimum atomic E-state index is -4.34. The van der Waals surface area contributed by atoms with E-state index in [0.29, 0.717) is 6.42 Å². The van der Waals surface area contributed by atoms with Gasteiger partial charge in [-0.05, 0) is 12.8 Å². The lowest BCUT2D eigenvalue weighted by Crippen LogP contribution is -2.56. The van der Waals surface area contributed by atoms with Gasteiger partial charge in [-0.3, -0.25) is 4.79 Å². The molecule has 6 heteroatoms. The molecular formula is C8H13F3N2O. The Morgan fingerprint density at radius 3 is 2.43 bits per heavy atom. The van der Waals surface area contributed by atoms with Crippen LogP contribution in [0, 0.1) is 0 Å². The summed E-state index contributed by atoms with van der Waals surface area (Å²) in [7, 11) is 0. The summed E-state index contributed by atoms with van der Waals surface area (Å²) in [5, 5.41) is 0. The molecule has 0 aliphatic carbocycles. The monoisotopic (exact) mass is 210 g/mol. The van der Waals surface area contributed by atoms with Crippen molar-refractivity contribution in [2.75, 3.05) is 6.54 Å². The Morgan fingerprint density at radius 1 is 1.43 bits per heavy atom. The molecule has 1 heterocycles. The van der Waals surface area contributed by atoms with Crippen molar-refractivity contribution in [2.24, 2.45) is 5.73 Å².